The molecule has 4 aromatic carbocycles. The van der Waals surface area contributed by atoms with Crippen LogP contribution in [0.2, 0.25) is 0 Å². The van der Waals surface area contributed by atoms with Crippen LogP contribution in [0.5, 0.6) is 5.75 Å². The molecule has 1 aromatic heterocycles. The number of benzene rings is 4. The summed E-state index contributed by atoms with van der Waals surface area (Å²) in [7, 11) is 0. The largest absolute Gasteiger partial charge is 0.507 e. The molecule has 328 valence electrons. The molecule has 0 atom stereocenters. The summed E-state index contributed by atoms with van der Waals surface area (Å²) in [5.41, 5.74) is 10.4. The number of hydrogen-bond acceptors (Lipinski definition) is 2. The van der Waals surface area contributed by atoms with Crippen molar-refractivity contribution in [2.24, 2.45) is 32.5 Å². The molecule has 2 nitrogen and oxygen atoms in total. The Bertz CT molecular complexity index is 2630. The van der Waals surface area contributed by atoms with E-state index in [9.17, 15) is 5.11 Å². The number of aryl methyl sites for hydroxylation is 2. The van der Waals surface area contributed by atoms with E-state index in [1.807, 2.05) is 54.6 Å². The lowest BCUT2D eigenvalue weighted by atomic mass is 9.35. The van der Waals surface area contributed by atoms with Gasteiger partial charge >= 0.3 is 6.18 Å². The molecular weight excluding hydrogens is 784 g/mol. The van der Waals surface area contributed by atoms with Crippen molar-refractivity contribution >= 4 is 0 Å². The molecule has 0 radical (unpaired) electrons. The van der Waals surface area contributed by atoms with Crippen molar-refractivity contribution in [3.8, 4) is 50.5 Å². The Balaban J connectivity index is 1.03. The minimum absolute atomic E-state index is 0.0822. The van der Waals surface area contributed by atoms with Crippen LogP contribution in [0.4, 0.5) is 13.2 Å². The van der Waals surface area contributed by atoms with Crippen molar-refractivity contribution < 1.29 is 18.3 Å². The summed E-state index contributed by atoms with van der Waals surface area (Å²) in [6, 6.07) is 29.0. The van der Waals surface area contributed by atoms with E-state index in [4.69, 9.17) is 4.98 Å². The van der Waals surface area contributed by atoms with Gasteiger partial charge in [-0.25, -0.2) is 4.98 Å². The third-order valence-corrected chi connectivity index (χ3v) is 17.4. The van der Waals surface area contributed by atoms with Crippen molar-refractivity contribution in [2.45, 2.75) is 149 Å². The predicted octanol–water partition coefficient (Wildman–Crippen LogP) is 16.4. The highest BCUT2D eigenvalue weighted by Gasteiger charge is 2.66. The van der Waals surface area contributed by atoms with E-state index in [-0.39, 0.29) is 44.2 Å². The molecule has 5 aromatic rings. The van der Waals surface area contributed by atoms with Gasteiger partial charge in [0.1, 0.15) is 5.75 Å². The van der Waals surface area contributed by atoms with Gasteiger partial charge in [0.05, 0.1) is 17.0 Å². The minimum atomic E-state index is -4.60. The van der Waals surface area contributed by atoms with Gasteiger partial charge < -0.3 is 5.11 Å². The minimum Gasteiger partial charge on any atom is -0.507 e. The van der Waals surface area contributed by atoms with Crippen LogP contribution >= 0.6 is 0 Å². The molecule has 8 saturated carbocycles. The second-order valence-electron chi connectivity index (χ2n) is 25.1. The van der Waals surface area contributed by atoms with Crippen LogP contribution in [-0.2, 0) is 17.0 Å². The van der Waals surface area contributed by atoms with Gasteiger partial charge in [-0.2, -0.15) is 13.2 Å². The first-order valence-electron chi connectivity index (χ1n) is 23.7. The van der Waals surface area contributed by atoms with Gasteiger partial charge in [-0.15, -0.1) is 0 Å². The Kier molecular flexibility index (Phi) is 8.47. The zero-order chi connectivity index (χ0) is 44.4. The maximum atomic E-state index is 15.1. The van der Waals surface area contributed by atoms with Gasteiger partial charge in [-0.1, -0.05) is 120 Å². The number of halogens is 3. The summed E-state index contributed by atoms with van der Waals surface area (Å²) >= 11 is 0. The highest BCUT2D eigenvalue weighted by Crippen LogP contribution is 2.75. The molecule has 1 heterocycles. The van der Waals surface area contributed by atoms with Crippen LogP contribution in [0.25, 0.3) is 44.8 Å². The topological polar surface area (TPSA) is 33.1 Å². The fraction of sp³-hybridized carbons (Fsp3) is 0.500. The summed E-state index contributed by atoms with van der Waals surface area (Å²) in [5.74, 6) is 0.259. The summed E-state index contributed by atoms with van der Waals surface area (Å²) in [5, 5.41) is 12.6. The van der Waals surface area contributed by atoms with Crippen LogP contribution in [0.3, 0.4) is 0 Å². The number of phenolic OH excluding ortho intramolecular Hbond substituents is 1. The van der Waals surface area contributed by atoms with Crippen LogP contribution < -0.4 is 0 Å². The highest BCUT2D eigenvalue weighted by molar-refractivity contribution is 5.88. The number of aromatic nitrogens is 1. The predicted molar refractivity (Wildman–Crippen MR) is 250 cm³/mol. The van der Waals surface area contributed by atoms with E-state index in [1.54, 1.807) is 0 Å². The number of alkyl halides is 3. The lowest BCUT2D eigenvalue weighted by Gasteiger charge is -2.69. The first-order valence-corrected chi connectivity index (χ1v) is 23.7. The normalized spacial score (nSPS) is 36.3. The van der Waals surface area contributed by atoms with Gasteiger partial charge in [-0.3, -0.25) is 0 Å². The summed E-state index contributed by atoms with van der Waals surface area (Å²) in [6.07, 6.45) is 9.60. The Morgan fingerprint density at radius 2 is 0.873 bits per heavy atom. The maximum absolute atomic E-state index is 15.1. The second kappa shape index (κ2) is 12.9. The van der Waals surface area contributed by atoms with E-state index in [0.29, 0.717) is 38.5 Å². The smallest absolute Gasteiger partial charge is 0.416 e. The monoisotopic (exact) mass is 847 g/mol. The molecule has 63 heavy (non-hydrogen) atoms. The molecule has 8 aliphatic rings. The molecule has 0 unspecified atom stereocenters. The Labute approximate surface area is 373 Å². The summed E-state index contributed by atoms with van der Waals surface area (Å²) in [6.45, 7) is 19.1. The number of hydrogen-bond donors (Lipinski definition) is 1. The van der Waals surface area contributed by atoms with Gasteiger partial charge in [0.2, 0.25) is 0 Å². The quantitative estimate of drug-likeness (QED) is 0.185. The molecule has 13 rings (SSSR count). The van der Waals surface area contributed by atoms with Gasteiger partial charge in [0.25, 0.3) is 0 Å². The summed E-state index contributed by atoms with van der Waals surface area (Å²) < 4.78 is 45.4. The Morgan fingerprint density at radius 3 is 1.35 bits per heavy atom. The first kappa shape index (κ1) is 41.3. The third kappa shape index (κ3) is 6.66. The van der Waals surface area contributed by atoms with Crippen LogP contribution in [0, 0.1) is 46.3 Å². The molecular formula is C58H64F3NO. The van der Waals surface area contributed by atoms with E-state index in [0.717, 1.165) is 41.5 Å². The van der Waals surface area contributed by atoms with E-state index in [2.05, 4.69) is 79.7 Å². The maximum Gasteiger partial charge on any atom is 0.416 e. The molecule has 5 heteroatoms. The standard InChI is InChI=1S/C58H64F3NO/c1-36-17-38(21-39(18-36)56-30-50(3)24-51(4,31-56)26-52(5,25-50)32-56)41-13-9-11-15-43(41)47-22-40(58(59,60)61)23-48(62-47)44-16-12-10-14-42(44)45-19-37(2)20-46(49(45)63)57-33-53(6)27-54(7,34-57)29-55(8,28-53)35-57/h9-23,63H,24-35H2,1-8H3. The van der Waals surface area contributed by atoms with Crippen molar-refractivity contribution in [3.05, 3.63) is 119 Å². The van der Waals surface area contributed by atoms with Crippen molar-refractivity contribution in [2.75, 3.05) is 0 Å². The molecule has 0 spiro atoms. The SMILES string of the molecule is Cc1cc(-c2ccccc2-c2cc(C(F)(F)F)cc(-c3ccccc3-c3cc(C)cc(C45CC6(C)CC(C)(CC(C)(C6)C4)C5)c3O)n2)cc(C23CC4(C)CC(C)(CC(C)(C4)C2)C3)c1. The van der Waals surface area contributed by atoms with E-state index in [1.165, 1.54) is 81.0 Å². The summed E-state index contributed by atoms with van der Waals surface area (Å²) in [4.78, 5) is 5.16. The average molecular weight is 848 g/mol. The lowest BCUT2D eigenvalue weighted by molar-refractivity contribution is -0.152. The zero-order valence-electron chi connectivity index (χ0n) is 38.7. The van der Waals surface area contributed by atoms with Gasteiger partial charge in [0, 0.05) is 27.7 Å². The molecule has 1 N–H and O–H groups in total. The van der Waals surface area contributed by atoms with Gasteiger partial charge in [0.15, 0.2) is 0 Å². The van der Waals surface area contributed by atoms with Crippen molar-refractivity contribution in [1.29, 1.82) is 0 Å². The fourth-order valence-corrected chi connectivity index (χ4v) is 18.7. The van der Waals surface area contributed by atoms with Crippen LogP contribution in [0.15, 0.2) is 91.0 Å². The number of aromatic hydroxyl groups is 1. The lowest BCUT2D eigenvalue weighted by Crippen LogP contribution is -2.60. The molecule has 8 fully saturated rings. The van der Waals surface area contributed by atoms with E-state index >= 15 is 13.2 Å². The zero-order valence-corrected chi connectivity index (χ0v) is 38.7. The van der Waals surface area contributed by atoms with Gasteiger partial charge in [-0.05, 0) is 175 Å². The molecule has 0 amide bonds. The van der Waals surface area contributed by atoms with Crippen molar-refractivity contribution in [3.63, 3.8) is 0 Å². The fourth-order valence-electron chi connectivity index (χ4n) is 18.7. The third-order valence-electron chi connectivity index (χ3n) is 17.4. The number of nitrogens with zero attached hydrogens (tertiary/aromatic N) is 1. The number of pyridine rings is 1. The highest BCUT2D eigenvalue weighted by atomic mass is 19.4. The average Bonchev–Trinajstić information content (AvgIpc) is 3.14. The molecule has 0 saturated heterocycles. The molecule has 0 aliphatic heterocycles. The second-order valence-corrected chi connectivity index (χ2v) is 25.1. The number of phenols is 1. The molecule has 8 aliphatic carbocycles. The first-order chi connectivity index (χ1) is 29.4. The Hall–Kier alpha value is -4.38. The van der Waals surface area contributed by atoms with Crippen LogP contribution in [0.1, 0.15) is 146 Å². The Morgan fingerprint density at radius 1 is 0.460 bits per heavy atom. The van der Waals surface area contributed by atoms with Crippen molar-refractivity contribution in [1.82, 2.24) is 4.98 Å². The van der Waals surface area contributed by atoms with E-state index < -0.39 is 11.7 Å². The molecule has 8 bridgehead atoms. The van der Waals surface area contributed by atoms with Crippen LogP contribution in [-0.4, -0.2) is 10.1 Å². The number of rotatable bonds is 6.